The van der Waals surface area contributed by atoms with E-state index in [0.29, 0.717) is 18.7 Å². The van der Waals surface area contributed by atoms with Gasteiger partial charge in [0.15, 0.2) is 0 Å². The Hall–Kier alpha value is -2.14. The zero-order valence-electron chi connectivity index (χ0n) is 12.9. The van der Waals surface area contributed by atoms with Gasteiger partial charge in [0.2, 0.25) is 5.95 Å². The smallest absolute Gasteiger partial charge is 0.222 e. The van der Waals surface area contributed by atoms with Crippen LogP contribution in [-0.4, -0.2) is 29.2 Å². The van der Waals surface area contributed by atoms with E-state index >= 15 is 0 Å². The van der Waals surface area contributed by atoms with E-state index in [9.17, 15) is 0 Å². The van der Waals surface area contributed by atoms with E-state index in [1.54, 1.807) is 0 Å². The van der Waals surface area contributed by atoms with Gasteiger partial charge < -0.3 is 15.4 Å². The molecule has 3 rings (SSSR count). The van der Waals surface area contributed by atoms with Crippen LogP contribution in [0.1, 0.15) is 24.1 Å². The standard InChI is InChI=1S/C17H22N4O/c1-13-11-16(20-17(18)19-13)21-9-7-15(8-10-21)22-12-14-5-3-2-4-6-14/h2-6,11,15H,7-10,12H2,1H3,(H2,18,19,20). The van der Waals surface area contributed by atoms with Gasteiger partial charge in [0.1, 0.15) is 5.82 Å². The Kier molecular flexibility index (Phi) is 4.53. The minimum absolute atomic E-state index is 0.316. The molecular weight excluding hydrogens is 276 g/mol. The van der Waals surface area contributed by atoms with Gasteiger partial charge in [-0.3, -0.25) is 0 Å². The summed E-state index contributed by atoms with van der Waals surface area (Å²) in [5.41, 5.74) is 7.87. The van der Waals surface area contributed by atoms with Crippen LogP contribution in [0.3, 0.4) is 0 Å². The summed E-state index contributed by atoms with van der Waals surface area (Å²) in [4.78, 5) is 10.7. The van der Waals surface area contributed by atoms with E-state index in [1.807, 2.05) is 31.2 Å². The van der Waals surface area contributed by atoms with Crippen LogP contribution in [0.5, 0.6) is 0 Å². The van der Waals surface area contributed by atoms with Crippen molar-refractivity contribution in [3.05, 3.63) is 47.7 Å². The van der Waals surface area contributed by atoms with Crippen molar-refractivity contribution in [2.75, 3.05) is 23.7 Å². The molecule has 0 aliphatic carbocycles. The van der Waals surface area contributed by atoms with E-state index in [0.717, 1.165) is 37.4 Å². The zero-order valence-corrected chi connectivity index (χ0v) is 12.9. The minimum atomic E-state index is 0.316. The largest absolute Gasteiger partial charge is 0.373 e. The lowest BCUT2D eigenvalue weighted by molar-refractivity contribution is 0.0250. The molecule has 1 aliphatic rings. The summed E-state index contributed by atoms with van der Waals surface area (Å²) in [6.07, 6.45) is 2.34. The molecule has 2 N–H and O–H groups in total. The van der Waals surface area contributed by atoms with E-state index in [2.05, 4.69) is 27.0 Å². The Morgan fingerprint density at radius 1 is 1.18 bits per heavy atom. The van der Waals surface area contributed by atoms with Gasteiger partial charge in [-0.1, -0.05) is 30.3 Å². The summed E-state index contributed by atoms with van der Waals surface area (Å²) in [5, 5.41) is 0. The van der Waals surface area contributed by atoms with Crippen LogP contribution in [0, 0.1) is 6.92 Å². The second-order valence-electron chi connectivity index (χ2n) is 5.71. The molecule has 1 aliphatic heterocycles. The number of piperidine rings is 1. The molecule has 1 aromatic heterocycles. The summed E-state index contributed by atoms with van der Waals surface area (Å²) >= 11 is 0. The van der Waals surface area contributed by atoms with Crippen LogP contribution in [0.4, 0.5) is 11.8 Å². The third-order valence-electron chi connectivity index (χ3n) is 3.95. The van der Waals surface area contributed by atoms with E-state index < -0.39 is 0 Å². The first kappa shape index (κ1) is 14.8. The highest BCUT2D eigenvalue weighted by atomic mass is 16.5. The zero-order chi connectivity index (χ0) is 15.4. The highest BCUT2D eigenvalue weighted by Gasteiger charge is 2.21. The molecule has 1 fully saturated rings. The van der Waals surface area contributed by atoms with Crippen molar-refractivity contribution in [1.29, 1.82) is 0 Å². The van der Waals surface area contributed by atoms with E-state index in [4.69, 9.17) is 10.5 Å². The van der Waals surface area contributed by atoms with Gasteiger partial charge in [-0.2, -0.15) is 4.98 Å². The molecule has 1 aromatic carbocycles. The predicted molar refractivity (Wildman–Crippen MR) is 87.6 cm³/mol. The number of hydrogen-bond acceptors (Lipinski definition) is 5. The Balaban J connectivity index is 1.52. The lowest BCUT2D eigenvalue weighted by atomic mass is 10.1. The van der Waals surface area contributed by atoms with Gasteiger partial charge in [-0.15, -0.1) is 0 Å². The maximum atomic E-state index is 6.02. The quantitative estimate of drug-likeness (QED) is 0.939. The maximum absolute atomic E-state index is 6.02. The van der Waals surface area contributed by atoms with Crippen molar-refractivity contribution in [3.8, 4) is 0 Å². The van der Waals surface area contributed by atoms with Crippen LogP contribution in [0.2, 0.25) is 0 Å². The molecule has 0 amide bonds. The molecule has 0 bridgehead atoms. The number of nitrogens with zero attached hydrogens (tertiary/aromatic N) is 3. The third-order valence-corrected chi connectivity index (χ3v) is 3.95. The molecule has 1 saturated heterocycles. The van der Waals surface area contributed by atoms with Crippen molar-refractivity contribution < 1.29 is 4.74 Å². The first-order valence-corrected chi connectivity index (χ1v) is 7.72. The first-order chi connectivity index (χ1) is 10.7. The molecule has 22 heavy (non-hydrogen) atoms. The molecule has 0 unspecified atom stereocenters. The normalized spacial score (nSPS) is 16.0. The average Bonchev–Trinajstić information content (AvgIpc) is 2.53. The number of benzene rings is 1. The van der Waals surface area contributed by atoms with Gasteiger partial charge in [0.05, 0.1) is 12.7 Å². The summed E-state index contributed by atoms with van der Waals surface area (Å²) in [7, 11) is 0. The van der Waals surface area contributed by atoms with Crippen LogP contribution >= 0.6 is 0 Å². The Bertz CT molecular complexity index is 589. The van der Waals surface area contributed by atoms with Gasteiger partial charge in [0.25, 0.3) is 0 Å². The van der Waals surface area contributed by atoms with Gasteiger partial charge in [-0.05, 0) is 25.3 Å². The molecular formula is C17H22N4O. The van der Waals surface area contributed by atoms with Gasteiger partial charge in [-0.25, -0.2) is 4.98 Å². The molecule has 5 heteroatoms. The van der Waals surface area contributed by atoms with Crippen molar-refractivity contribution in [3.63, 3.8) is 0 Å². The maximum Gasteiger partial charge on any atom is 0.222 e. The van der Waals surface area contributed by atoms with Crippen molar-refractivity contribution >= 4 is 11.8 Å². The predicted octanol–water partition coefficient (Wildman–Crippen LogP) is 2.55. The second kappa shape index (κ2) is 6.75. The minimum Gasteiger partial charge on any atom is -0.373 e. The van der Waals surface area contributed by atoms with Crippen molar-refractivity contribution in [2.24, 2.45) is 0 Å². The lowest BCUT2D eigenvalue weighted by Gasteiger charge is -2.32. The van der Waals surface area contributed by atoms with Crippen molar-refractivity contribution in [1.82, 2.24) is 9.97 Å². The fraction of sp³-hybridized carbons (Fsp3) is 0.412. The lowest BCUT2D eigenvalue weighted by Crippen LogP contribution is -2.37. The number of anilines is 2. The summed E-state index contributed by atoms with van der Waals surface area (Å²) in [6.45, 7) is 4.51. The monoisotopic (exact) mass is 298 g/mol. The topological polar surface area (TPSA) is 64.3 Å². The number of rotatable bonds is 4. The molecule has 2 heterocycles. The van der Waals surface area contributed by atoms with Crippen LogP contribution < -0.4 is 10.6 Å². The number of nitrogens with two attached hydrogens (primary N) is 1. The third kappa shape index (κ3) is 3.74. The molecule has 5 nitrogen and oxygen atoms in total. The fourth-order valence-corrected chi connectivity index (χ4v) is 2.78. The molecule has 2 aromatic rings. The summed E-state index contributed by atoms with van der Waals surface area (Å²) in [5.74, 6) is 1.27. The number of aromatic nitrogens is 2. The Labute approximate surface area is 131 Å². The van der Waals surface area contributed by atoms with Gasteiger partial charge in [0, 0.05) is 24.8 Å². The second-order valence-corrected chi connectivity index (χ2v) is 5.71. The first-order valence-electron chi connectivity index (χ1n) is 7.72. The molecule has 116 valence electrons. The average molecular weight is 298 g/mol. The fourth-order valence-electron chi connectivity index (χ4n) is 2.78. The SMILES string of the molecule is Cc1cc(N2CCC(OCc3ccccc3)CC2)nc(N)n1. The van der Waals surface area contributed by atoms with E-state index in [1.165, 1.54) is 5.56 Å². The molecule has 0 radical (unpaired) electrons. The highest BCUT2D eigenvalue weighted by molar-refractivity contribution is 5.43. The number of aryl methyl sites for hydroxylation is 1. The van der Waals surface area contributed by atoms with Crippen molar-refractivity contribution in [2.45, 2.75) is 32.5 Å². The summed E-state index contributed by atoms with van der Waals surface area (Å²) in [6, 6.07) is 12.3. The number of hydrogen-bond donors (Lipinski definition) is 1. The Morgan fingerprint density at radius 2 is 1.91 bits per heavy atom. The van der Waals surface area contributed by atoms with Crippen LogP contribution in [0.15, 0.2) is 36.4 Å². The molecule has 0 atom stereocenters. The molecule has 0 spiro atoms. The molecule has 0 saturated carbocycles. The Morgan fingerprint density at radius 3 is 2.59 bits per heavy atom. The van der Waals surface area contributed by atoms with Gasteiger partial charge >= 0.3 is 0 Å². The number of ether oxygens (including phenoxy) is 1. The van der Waals surface area contributed by atoms with E-state index in [-0.39, 0.29) is 0 Å². The summed E-state index contributed by atoms with van der Waals surface area (Å²) < 4.78 is 6.02. The van der Waals surface area contributed by atoms with Crippen LogP contribution in [0.25, 0.3) is 0 Å². The van der Waals surface area contributed by atoms with Crippen LogP contribution in [-0.2, 0) is 11.3 Å². The highest BCUT2D eigenvalue weighted by Crippen LogP contribution is 2.21. The number of nitrogen functional groups attached to an aromatic ring is 1.